The van der Waals surface area contributed by atoms with Crippen molar-refractivity contribution in [1.29, 1.82) is 0 Å². The van der Waals surface area contributed by atoms with Crippen molar-refractivity contribution >= 4 is 40.8 Å². The molecule has 0 bridgehead atoms. The second-order valence-electron chi connectivity index (χ2n) is 5.63. The zero-order chi connectivity index (χ0) is 19.2. The van der Waals surface area contributed by atoms with Crippen LogP contribution in [0.3, 0.4) is 0 Å². The molecule has 0 atom stereocenters. The summed E-state index contributed by atoms with van der Waals surface area (Å²) in [5.74, 6) is -1.19. The average molecular weight is 404 g/mol. The molecule has 0 aliphatic heterocycles. The third-order valence-corrected chi connectivity index (χ3v) is 4.25. The smallest absolute Gasteiger partial charge is 0.341 e. The molecule has 1 amide bonds. The molecule has 6 nitrogen and oxygen atoms in total. The number of nitrogens with zero attached hydrogens (tertiary/aromatic N) is 2. The van der Waals surface area contributed by atoms with E-state index < -0.39 is 18.5 Å². The number of amides is 1. The number of rotatable bonds is 6. The molecule has 3 rings (SSSR count). The molecule has 0 fully saturated rings. The Kier molecular flexibility index (Phi) is 6.11. The topological polar surface area (TPSA) is 73.2 Å². The van der Waals surface area contributed by atoms with Crippen molar-refractivity contribution in [2.45, 2.75) is 6.54 Å². The van der Waals surface area contributed by atoms with E-state index in [4.69, 9.17) is 27.9 Å². The number of halogens is 2. The first-order valence-electron chi connectivity index (χ1n) is 8.00. The zero-order valence-corrected chi connectivity index (χ0v) is 15.6. The predicted molar refractivity (Wildman–Crippen MR) is 103 cm³/mol. The molecule has 0 radical (unpaired) electrons. The van der Waals surface area contributed by atoms with Gasteiger partial charge in [-0.3, -0.25) is 9.48 Å². The summed E-state index contributed by atoms with van der Waals surface area (Å²) in [4.78, 5) is 24.1. The lowest BCUT2D eigenvalue weighted by Gasteiger charge is -2.09. The molecule has 27 heavy (non-hydrogen) atoms. The molecule has 8 heteroatoms. The fraction of sp³-hybridized carbons (Fsp3) is 0.105. The summed E-state index contributed by atoms with van der Waals surface area (Å²) in [6, 6.07) is 14.6. The van der Waals surface area contributed by atoms with Crippen LogP contribution >= 0.6 is 23.2 Å². The summed E-state index contributed by atoms with van der Waals surface area (Å²) in [6.07, 6.45) is 2.96. The highest BCUT2D eigenvalue weighted by atomic mass is 35.5. The van der Waals surface area contributed by atoms with Gasteiger partial charge in [-0.15, -0.1) is 0 Å². The first-order chi connectivity index (χ1) is 13.0. The Balaban J connectivity index is 1.54. The summed E-state index contributed by atoms with van der Waals surface area (Å²) in [5, 5.41) is 7.24. The number of ether oxygens (including phenoxy) is 1. The normalized spacial score (nSPS) is 10.4. The molecule has 138 valence electrons. The van der Waals surface area contributed by atoms with Gasteiger partial charge in [-0.05, 0) is 17.7 Å². The Labute approximate surface area is 165 Å². The molecule has 0 aliphatic rings. The molecule has 0 spiro atoms. The third-order valence-electron chi connectivity index (χ3n) is 3.62. The third kappa shape index (κ3) is 5.09. The van der Waals surface area contributed by atoms with Gasteiger partial charge in [0.2, 0.25) is 0 Å². The SMILES string of the molecule is O=C(COC(=O)c1cnn(Cc2ccccc2)c1)Nc1c(Cl)cccc1Cl. The second-order valence-corrected chi connectivity index (χ2v) is 6.45. The van der Waals surface area contributed by atoms with Crippen LogP contribution in [0.25, 0.3) is 0 Å². The van der Waals surface area contributed by atoms with Gasteiger partial charge in [-0.25, -0.2) is 4.79 Å². The van der Waals surface area contributed by atoms with E-state index in [1.165, 1.54) is 6.20 Å². The van der Waals surface area contributed by atoms with Crippen molar-refractivity contribution in [3.05, 3.63) is 82.1 Å². The molecule has 0 saturated carbocycles. The summed E-state index contributed by atoms with van der Waals surface area (Å²) >= 11 is 12.0. The minimum atomic E-state index is -0.644. The number of benzene rings is 2. The van der Waals surface area contributed by atoms with E-state index in [1.807, 2.05) is 30.3 Å². The number of hydrogen-bond acceptors (Lipinski definition) is 4. The van der Waals surface area contributed by atoms with E-state index >= 15 is 0 Å². The van der Waals surface area contributed by atoms with Gasteiger partial charge in [0.1, 0.15) is 0 Å². The minimum Gasteiger partial charge on any atom is -0.452 e. The van der Waals surface area contributed by atoms with Crippen molar-refractivity contribution in [2.75, 3.05) is 11.9 Å². The molecule has 1 aromatic heterocycles. The van der Waals surface area contributed by atoms with Crippen LogP contribution < -0.4 is 5.32 Å². The van der Waals surface area contributed by atoms with Crippen LogP contribution in [0.2, 0.25) is 10.0 Å². The van der Waals surface area contributed by atoms with E-state index in [-0.39, 0.29) is 11.3 Å². The number of aromatic nitrogens is 2. The Morgan fingerprint density at radius 1 is 1.04 bits per heavy atom. The molecule has 0 aliphatic carbocycles. The van der Waals surface area contributed by atoms with E-state index in [0.29, 0.717) is 16.6 Å². The van der Waals surface area contributed by atoms with E-state index in [0.717, 1.165) is 5.56 Å². The summed E-state index contributed by atoms with van der Waals surface area (Å²) in [6.45, 7) is 0.0594. The van der Waals surface area contributed by atoms with Crippen LogP contribution in [-0.2, 0) is 16.1 Å². The average Bonchev–Trinajstić information content (AvgIpc) is 3.12. The van der Waals surface area contributed by atoms with Crippen molar-refractivity contribution in [3.8, 4) is 0 Å². The first kappa shape index (κ1) is 18.9. The number of esters is 1. The fourth-order valence-corrected chi connectivity index (χ4v) is 2.83. The molecule has 2 aromatic carbocycles. The molecular formula is C19H15Cl2N3O3. The zero-order valence-electron chi connectivity index (χ0n) is 14.1. The van der Waals surface area contributed by atoms with Crippen LogP contribution in [0.1, 0.15) is 15.9 Å². The van der Waals surface area contributed by atoms with Gasteiger partial charge in [0.05, 0.1) is 34.0 Å². The van der Waals surface area contributed by atoms with Crippen LogP contribution in [0.15, 0.2) is 60.9 Å². The van der Waals surface area contributed by atoms with E-state index in [2.05, 4.69) is 10.4 Å². The minimum absolute atomic E-state index is 0.259. The van der Waals surface area contributed by atoms with Crippen molar-refractivity contribution in [3.63, 3.8) is 0 Å². The van der Waals surface area contributed by atoms with Crippen LogP contribution in [0, 0.1) is 0 Å². The Morgan fingerprint density at radius 2 is 1.74 bits per heavy atom. The largest absolute Gasteiger partial charge is 0.452 e. The van der Waals surface area contributed by atoms with Crippen LogP contribution in [0.4, 0.5) is 5.69 Å². The molecule has 3 aromatic rings. The standard InChI is InChI=1S/C19H15Cl2N3O3/c20-15-7-4-8-16(21)18(15)23-17(25)12-27-19(26)14-9-22-24(11-14)10-13-5-2-1-3-6-13/h1-9,11H,10,12H2,(H,23,25). The second kappa shape index (κ2) is 8.70. The van der Waals surface area contributed by atoms with Gasteiger partial charge in [-0.2, -0.15) is 5.10 Å². The lowest BCUT2D eigenvalue weighted by atomic mass is 10.2. The maximum absolute atomic E-state index is 12.1. The summed E-state index contributed by atoms with van der Waals surface area (Å²) < 4.78 is 6.64. The van der Waals surface area contributed by atoms with Gasteiger partial charge < -0.3 is 10.1 Å². The Hall–Kier alpha value is -2.83. The lowest BCUT2D eigenvalue weighted by molar-refractivity contribution is -0.119. The van der Waals surface area contributed by atoms with Crippen molar-refractivity contribution < 1.29 is 14.3 Å². The van der Waals surface area contributed by atoms with Gasteiger partial charge in [-0.1, -0.05) is 59.6 Å². The van der Waals surface area contributed by atoms with Gasteiger partial charge in [0, 0.05) is 6.20 Å². The highest BCUT2D eigenvalue weighted by molar-refractivity contribution is 6.39. The van der Waals surface area contributed by atoms with E-state index in [9.17, 15) is 9.59 Å². The summed E-state index contributed by atoms with van der Waals surface area (Å²) in [7, 11) is 0. The molecular weight excluding hydrogens is 389 g/mol. The lowest BCUT2D eigenvalue weighted by Crippen LogP contribution is -2.21. The Morgan fingerprint density at radius 3 is 2.44 bits per heavy atom. The van der Waals surface area contributed by atoms with Crippen molar-refractivity contribution in [2.24, 2.45) is 0 Å². The molecule has 1 heterocycles. The first-order valence-corrected chi connectivity index (χ1v) is 8.76. The summed E-state index contributed by atoms with van der Waals surface area (Å²) in [5.41, 5.74) is 1.59. The number of carbonyl (C=O) groups excluding carboxylic acids is 2. The number of hydrogen-bond donors (Lipinski definition) is 1. The van der Waals surface area contributed by atoms with E-state index in [1.54, 1.807) is 29.1 Å². The predicted octanol–water partition coefficient (Wildman–Crippen LogP) is 4.03. The Bertz CT molecular complexity index is 938. The number of nitrogens with one attached hydrogen (secondary N) is 1. The highest BCUT2D eigenvalue weighted by Crippen LogP contribution is 2.29. The fourth-order valence-electron chi connectivity index (χ4n) is 2.33. The number of anilines is 1. The van der Waals surface area contributed by atoms with Gasteiger partial charge in [0.25, 0.3) is 5.91 Å². The van der Waals surface area contributed by atoms with Crippen LogP contribution in [-0.4, -0.2) is 28.3 Å². The highest BCUT2D eigenvalue weighted by Gasteiger charge is 2.14. The maximum Gasteiger partial charge on any atom is 0.341 e. The quantitative estimate of drug-likeness (QED) is 0.630. The number of carbonyl (C=O) groups is 2. The monoisotopic (exact) mass is 403 g/mol. The van der Waals surface area contributed by atoms with Crippen LogP contribution in [0.5, 0.6) is 0 Å². The molecule has 0 saturated heterocycles. The van der Waals surface area contributed by atoms with Crippen molar-refractivity contribution in [1.82, 2.24) is 9.78 Å². The maximum atomic E-state index is 12.1. The molecule has 0 unspecified atom stereocenters. The molecule has 1 N–H and O–H groups in total. The number of para-hydroxylation sites is 1. The van der Waals surface area contributed by atoms with Gasteiger partial charge in [0.15, 0.2) is 6.61 Å². The van der Waals surface area contributed by atoms with Gasteiger partial charge >= 0.3 is 5.97 Å².